The summed E-state index contributed by atoms with van der Waals surface area (Å²) in [5.74, 6) is 0.782. The minimum Gasteiger partial charge on any atom is -0.352 e. The van der Waals surface area contributed by atoms with Crippen LogP contribution in [-0.4, -0.2) is 34.6 Å². The molecular formula is C29H32BrClN2O2S. The SMILES string of the molecule is CC[C@H](C)NC(=O)[C@H](Cc1ccccc1)N(Cc1cccc(Cl)c1)C(=O)CSCc1ccc(Br)cc1. The van der Waals surface area contributed by atoms with E-state index in [4.69, 9.17) is 11.6 Å². The molecule has 0 saturated heterocycles. The number of nitrogens with one attached hydrogen (secondary N) is 1. The Kier molecular flexibility index (Phi) is 11.4. The van der Waals surface area contributed by atoms with Crippen molar-refractivity contribution in [3.05, 3.63) is 105 Å². The number of rotatable bonds is 12. The van der Waals surface area contributed by atoms with Gasteiger partial charge in [0.25, 0.3) is 0 Å². The average molecular weight is 588 g/mol. The Bertz CT molecular complexity index is 1130. The number of carbonyl (C=O) groups is 2. The third kappa shape index (κ3) is 8.99. The van der Waals surface area contributed by atoms with Crippen LogP contribution < -0.4 is 5.32 Å². The van der Waals surface area contributed by atoms with E-state index < -0.39 is 6.04 Å². The summed E-state index contributed by atoms with van der Waals surface area (Å²) in [6.07, 6.45) is 1.25. The van der Waals surface area contributed by atoms with Crippen molar-refractivity contribution in [1.29, 1.82) is 0 Å². The van der Waals surface area contributed by atoms with Crippen LogP contribution in [0.15, 0.2) is 83.3 Å². The molecule has 0 aliphatic rings. The third-order valence-electron chi connectivity index (χ3n) is 5.92. The number of amides is 2. The van der Waals surface area contributed by atoms with Gasteiger partial charge in [-0.25, -0.2) is 0 Å². The molecule has 2 atom stereocenters. The van der Waals surface area contributed by atoms with E-state index in [9.17, 15) is 9.59 Å². The second-order valence-electron chi connectivity index (χ2n) is 8.79. The molecule has 0 aromatic heterocycles. The number of thioether (sulfide) groups is 1. The van der Waals surface area contributed by atoms with Crippen molar-refractivity contribution in [3.63, 3.8) is 0 Å². The summed E-state index contributed by atoms with van der Waals surface area (Å²) >= 11 is 11.2. The van der Waals surface area contributed by atoms with Crippen LogP contribution in [0, 0.1) is 0 Å². The molecule has 2 amide bonds. The number of hydrogen-bond donors (Lipinski definition) is 1. The third-order valence-corrected chi connectivity index (χ3v) is 7.67. The molecule has 1 N–H and O–H groups in total. The molecule has 0 fully saturated rings. The Morgan fingerprint density at radius 2 is 1.67 bits per heavy atom. The highest BCUT2D eigenvalue weighted by molar-refractivity contribution is 9.10. The Hall–Kier alpha value is -2.28. The van der Waals surface area contributed by atoms with Crippen LogP contribution >= 0.6 is 39.3 Å². The van der Waals surface area contributed by atoms with Crippen LogP contribution in [0.3, 0.4) is 0 Å². The fourth-order valence-electron chi connectivity index (χ4n) is 3.75. The van der Waals surface area contributed by atoms with Gasteiger partial charge in [0, 0.05) is 34.3 Å². The largest absolute Gasteiger partial charge is 0.352 e. The van der Waals surface area contributed by atoms with Crippen LogP contribution in [0.4, 0.5) is 0 Å². The first-order chi connectivity index (χ1) is 17.4. The average Bonchev–Trinajstić information content (AvgIpc) is 2.87. The lowest BCUT2D eigenvalue weighted by Crippen LogP contribution is -2.52. The number of nitrogens with zero attached hydrogens (tertiary/aromatic N) is 1. The first kappa shape index (κ1) is 28.3. The highest BCUT2D eigenvalue weighted by atomic mass is 79.9. The van der Waals surface area contributed by atoms with Crippen LogP contribution in [0.5, 0.6) is 0 Å². The van der Waals surface area contributed by atoms with Crippen molar-refractivity contribution in [3.8, 4) is 0 Å². The highest BCUT2D eigenvalue weighted by Crippen LogP contribution is 2.21. The van der Waals surface area contributed by atoms with E-state index in [0.29, 0.717) is 23.7 Å². The normalized spacial score (nSPS) is 12.6. The predicted octanol–water partition coefficient (Wildman–Crippen LogP) is 6.89. The lowest BCUT2D eigenvalue weighted by molar-refractivity contribution is -0.139. The van der Waals surface area contributed by atoms with Crippen LogP contribution in [0.1, 0.15) is 37.0 Å². The summed E-state index contributed by atoms with van der Waals surface area (Å²) in [6.45, 7) is 4.32. The van der Waals surface area contributed by atoms with Gasteiger partial charge in [-0.1, -0.05) is 89.1 Å². The maximum absolute atomic E-state index is 13.7. The van der Waals surface area contributed by atoms with Crippen molar-refractivity contribution < 1.29 is 9.59 Å². The molecule has 0 heterocycles. The summed E-state index contributed by atoms with van der Waals surface area (Å²) in [5, 5.41) is 3.70. The monoisotopic (exact) mass is 586 g/mol. The number of benzene rings is 3. The van der Waals surface area contributed by atoms with Crippen molar-refractivity contribution in [1.82, 2.24) is 10.2 Å². The lowest BCUT2D eigenvalue weighted by Gasteiger charge is -2.32. The molecule has 0 aliphatic heterocycles. The van der Waals surface area contributed by atoms with E-state index in [2.05, 4.69) is 21.2 Å². The molecule has 3 aromatic carbocycles. The minimum atomic E-state index is -0.638. The van der Waals surface area contributed by atoms with E-state index in [1.54, 1.807) is 16.7 Å². The molecule has 4 nitrogen and oxygen atoms in total. The molecule has 7 heteroatoms. The molecule has 0 radical (unpaired) electrons. The summed E-state index contributed by atoms with van der Waals surface area (Å²) < 4.78 is 1.02. The van der Waals surface area contributed by atoms with Crippen molar-refractivity contribution in [2.24, 2.45) is 0 Å². The van der Waals surface area contributed by atoms with E-state index in [1.807, 2.05) is 92.7 Å². The summed E-state index contributed by atoms with van der Waals surface area (Å²) in [7, 11) is 0. The molecule has 0 saturated carbocycles. The summed E-state index contributed by atoms with van der Waals surface area (Å²) in [5.41, 5.74) is 3.05. The first-order valence-electron chi connectivity index (χ1n) is 12.1. The number of hydrogen-bond acceptors (Lipinski definition) is 3. The Labute approximate surface area is 231 Å². The topological polar surface area (TPSA) is 49.4 Å². The van der Waals surface area contributed by atoms with Gasteiger partial charge in [0.1, 0.15) is 6.04 Å². The van der Waals surface area contributed by atoms with Crippen LogP contribution in [0.25, 0.3) is 0 Å². The second-order valence-corrected chi connectivity index (χ2v) is 11.1. The smallest absolute Gasteiger partial charge is 0.243 e. The van der Waals surface area contributed by atoms with Gasteiger partial charge in [0.15, 0.2) is 0 Å². The standard InChI is InChI=1S/C29H32BrClN2O2S/c1-3-21(2)32-29(35)27(17-22-8-5-4-6-9-22)33(18-24-10-7-11-26(31)16-24)28(34)20-36-19-23-12-14-25(30)15-13-23/h4-16,21,27H,3,17-20H2,1-2H3,(H,32,35)/t21-,27-/m0/s1. The number of carbonyl (C=O) groups excluding carboxylic acids is 2. The highest BCUT2D eigenvalue weighted by Gasteiger charge is 2.30. The van der Waals surface area contributed by atoms with E-state index in [1.165, 1.54) is 0 Å². The Balaban J connectivity index is 1.85. The zero-order chi connectivity index (χ0) is 25.9. The molecule has 0 bridgehead atoms. The van der Waals surface area contributed by atoms with Crippen molar-refractivity contribution in [2.45, 2.75) is 51.1 Å². The minimum absolute atomic E-state index is 0.0191. The number of halogens is 2. The zero-order valence-electron chi connectivity index (χ0n) is 20.6. The molecular weight excluding hydrogens is 556 g/mol. The van der Waals surface area contributed by atoms with Gasteiger partial charge in [0.05, 0.1) is 5.75 Å². The van der Waals surface area contributed by atoms with Gasteiger partial charge in [-0.2, -0.15) is 0 Å². The van der Waals surface area contributed by atoms with Gasteiger partial charge in [0.2, 0.25) is 11.8 Å². The maximum atomic E-state index is 13.7. The van der Waals surface area contributed by atoms with Crippen molar-refractivity contribution in [2.75, 3.05) is 5.75 Å². The van der Waals surface area contributed by atoms with Gasteiger partial charge < -0.3 is 10.2 Å². The maximum Gasteiger partial charge on any atom is 0.243 e. The Morgan fingerprint density at radius 3 is 2.33 bits per heavy atom. The van der Waals surface area contributed by atoms with Gasteiger partial charge in [-0.3, -0.25) is 9.59 Å². The lowest BCUT2D eigenvalue weighted by atomic mass is 10.0. The quantitative estimate of drug-likeness (QED) is 0.251. The molecule has 3 rings (SSSR count). The first-order valence-corrected chi connectivity index (χ1v) is 14.4. The Morgan fingerprint density at radius 1 is 0.972 bits per heavy atom. The molecule has 36 heavy (non-hydrogen) atoms. The predicted molar refractivity (Wildman–Crippen MR) is 154 cm³/mol. The molecule has 0 aliphatic carbocycles. The molecule has 0 unspecified atom stereocenters. The fraction of sp³-hybridized carbons (Fsp3) is 0.310. The molecule has 3 aromatic rings. The van der Waals surface area contributed by atoms with Gasteiger partial charge in [-0.15, -0.1) is 11.8 Å². The molecule has 190 valence electrons. The summed E-state index contributed by atoms with van der Waals surface area (Å²) in [6, 6.07) is 24.8. The zero-order valence-corrected chi connectivity index (χ0v) is 23.8. The van der Waals surface area contributed by atoms with E-state index >= 15 is 0 Å². The van der Waals surface area contributed by atoms with E-state index in [0.717, 1.165) is 27.6 Å². The fourth-order valence-corrected chi connectivity index (χ4v) is 5.09. The van der Waals surface area contributed by atoms with Gasteiger partial charge >= 0.3 is 0 Å². The summed E-state index contributed by atoms with van der Waals surface area (Å²) in [4.78, 5) is 28.9. The molecule has 0 spiro atoms. The van der Waals surface area contributed by atoms with Crippen LogP contribution in [0.2, 0.25) is 5.02 Å². The second kappa shape index (κ2) is 14.5. The van der Waals surface area contributed by atoms with E-state index in [-0.39, 0.29) is 23.6 Å². The van der Waals surface area contributed by atoms with Crippen molar-refractivity contribution >= 4 is 51.1 Å². The van der Waals surface area contributed by atoms with Crippen LogP contribution in [-0.2, 0) is 28.3 Å². The van der Waals surface area contributed by atoms with Gasteiger partial charge in [-0.05, 0) is 54.3 Å².